The second-order valence-corrected chi connectivity index (χ2v) is 13.9. The van der Waals surface area contributed by atoms with Crippen LogP contribution in [0.2, 0.25) is 0 Å². The summed E-state index contributed by atoms with van der Waals surface area (Å²) in [6.07, 6.45) is 8.24. The zero-order valence-corrected chi connectivity index (χ0v) is 23.1. The number of carbonyl (C=O) groups is 3. The molecule has 1 aromatic rings. The molecule has 3 fully saturated rings. The molecule has 0 aromatic heterocycles. The highest BCUT2D eigenvalue weighted by Gasteiger charge is 2.63. The van der Waals surface area contributed by atoms with Gasteiger partial charge in [0.15, 0.2) is 0 Å². The molecule has 5 rings (SSSR count). The van der Waals surface area contributed by atoms with Gasteiger partial charge in [-0.15, -0.1) is 0 Å². The molecule has 4 aliphatic rings. The van der Waals surface area contributed by atoms with Crippen LogP contribution in [0.25, 0.3) is 0 Å². The van der Waals surface area contributed by atoms with Crippen LogP contribution >= 0.6 is 0 Å². The van der Waals surface area contributed by atoms with Gasteiger partial charge in [-0.1, -0.05) is 43.2 Å². The molecule has 0 bridgehead atoms. The van der Waals surface area contributed by atoms with Gasteiger partial charge in [-0.3, -0.25) is 19.1 Å². The summed E-state index contributed by atoms with van der Waals surface area (Å²) in [5.74, 6) is -1.94. The van der Waals surface area contributed by atoms with Crippen molar-refractivity contribution in [1.29, 1.82) is 0 Å². The van der Waals surface area contributed by atoms with Gasteiger partial charge >= 0.3 is 0 Å². The third kappa shape index (κ3) is 5.70. The lowest BCUT2D eigenvalue weighted by molar-refractivity contribution is -0.140. The summed E-state index contributed by atoms with van der Waals surface area (Å²) in [6, 6.07) is 7.85. The number of anilines is 1. The van der Waals surface area contributed by atoms with Crippen molar-refractivity contribution in [2.75, 3.05) is 11.9 Å². The molecule has 2 heterocycles. The van der Waals surface area contributed by atoms with E-state index in [1.807, 2.05) is 42.5 Å². The van der Waals surface area contributed by atoms with Crippen molar-refractivity contribution in [1.82, 2.24) is 14.9 Å². The number of hydrogen-bond donors (Lipinski definition) is 4. The number of rotatable bonds is 5. The van der Waals surface area contributed by atoms with E-state index < -0.39 is 50.3 Å². The Labute approximate surface area is 229 Å². The lowest BCUT2D eigenvalue weighted by Crippen LogP contribution is -2.58. The molecule has 0 spiro atoms. The molecule has 5 atom stereocenters. The highest BCUT2D eigenvalue weighted by atomic mass is 32.2. The Balaban J connectivity index is 1.40. The second-order valence-electron chi connectivity index (χ2n) is 11.7. The van der Waals surface area contributed by atoms with Gasteiger partial charge in [0.2, 0.25) is 21.8 Å². The number of nitrogens with one attached hydrogen (secondary N) is 3. The van der Waals surface area contributed by atoms with Gasteiger partial charge in [-0.05, 0) is 57.6 Å². The van der Waals surface area contributed by atoms with E-state index in [0.717, 1.165) is 31.4 Å². The van der Waals surface area contributed by atoms with Crippen molar-refractivity contribution in [2.24, 2.45) is 5.92 Å². The van der Waals surface area contributed by atoms with Crippen molar-refractivity contribution in [3.05, 3.63) is 42.5 Å². The van der Waals surface area contributed by atoms with E-state index in [0.29, 0.717) is 19.3 Å². The Kier molecular flexibility index (Phi) is 7.49. The van der Waals surface area contributed by atoms with Crippen molar-refractivity contribution < 1.29 is 27.9 Å². The van der Waals surface area contributed by atoms with Gasteiger partial charge in [0.05, 0.1) is 10.9 Å². The van der Waals surface area contributed by atoms with Crippen LogP contribution in [-0.4, -0.2) is 71.2 Å². The topological polar surface area (TPSA) is 145 Å². The van der Waals surface area contributed by atoms with E-state index in [2.05, 4.69) is 15.4 Å². The van der Waals surface area contributed by atoms with Gasteiger partial charge in [-0.25, -0.2) is 8.42 Å². The summed E-state index contributed by atoms with van der Waals surface area (Å²) in [7, 11) is -3.89. The van der Waals surface area contributed by atoms with E-state index in [-0.39, 0.29) is 31.2 Å². The molecule has 1 aromatic carbocycles. The maximum atomic E-state index is 13.8. The van der Waals surface area contributed by atoms with Crippen LogP contribution in [0.4, 0.5) is 5.69 Å². The van der Waals surface area contributed by atoms with Crippen LogP contribution in [0, 0.1) is 5.92 Å². The average Bonchev–Trinajstić information content (AvgIpc) is 3.78. The Morgan fingerprint density at radius 1 is 1.13 bits per heavy atom. The van der Waals surface area contributed by atoms with Crippen LogP contribution in [0.15, 0.2) is 42.5 Å². The molecular weight excluding hydrogens is 520 g/mol. The molecule has 2 aliphatic heterocycles. The zero-order valence-electron chi connectivity index (χ0n) is 22.3. The van der Waals surface area contributed by atoms with Crippen LogP contribution in [0.5, 0.6) is 0 Å². The Hall–Kier alpha value is -2.92. The Morgan fingerprint density at radius 3 is 2.59 bits per heavy atom. The number of aliphatic hydroxyl groups excluding tert-OH is 1. The third-order valence-corrected chi connectivity index (χ3v) is 10.8. The lowest BCUT2D eigenvalue weighted by Gasteiger charge is -2.30. The predicted molar refractivity (Wildman–Crippen MR) is 146 cm³/mol. The minimum absolute atomic E-state index is 0.0130. The molecule has 39 heavy (non-hydrogen) atoms. The molecule has 11 heteroatoms. The maximum Gasteiger partial charge on any atom is 0.259 e. The summed E-state index contributed by atoms with van der Waals surface area (Å²) >= 11 is 0. The summed E-state index contributed by atoms with van der Waals surface area (Å²) in [5, 5.41) is 16.6. The summed E-state index contributed by atoms with van der Waals surface area (Å²) < 4.78 is 26.9. The first-order valence-corrected chi connectivity index (χ1v) is 15.4. The van der Waals surface area contributed by atoms with E-state index in [4.69, 9.17) is 0 Å². The normalized spacial score (nSPS) is 33.4. The molecule has 1 saturated heterocycles. The molecule has 2 aliphatic carbocycles. The van der Waals surface area contributed by atoms with Crippen LogP contribution in [0.3, 0.4) is 0 Å². The largest absolute Gasteiger partial charge is 0.391 e. The van der Waals surface area contributed by atoms with Crippen LogP contribution < -0.4 is 15.4 Å². The van der Waals surface area contributed by atoms with Gasteiger partial charge in [-0.2, -0.15) is 0 Å². The average molecular weight is 559 g/mol. The summed E-state index contributed by atoms with van der Waals surface area (Å²) in [5.41, 5.74) is -0.616. The standard InChI is InChI=1S/C28H38N4O6S/c1-27(14-15-27)39(37,38)31-26(36)28-17-19(28)10-6-3-2-4-9-13-22(29-20-11-7-5-8-12-20)25(35)32-18-21(33)16-23(32)24(34)30-28/h5-8,10-12,19,21-23,29,33H,2-4,9,13-18H2,1H3,(H,30,34)(H,31,36)/b10-6-/t19-,21+,22-,23-,28+/m0/s1. The van der Waals surface area contributed by atoms with Crippen molar-refractivity contribution in [2.45, 2.75) is 93.2 Å². The molecule has 212 valence electrons. The molecule has 4 N–H and O–H groups in total. The summed E-state index contributed by atoms with van der Waals surface area (Å²) in [4.78, 5) is 42.2. The van der Waals surface area contributed by atoms with Crippen LogP contribution in [0.1, 0.15) is 64.7 Å². The van der Waals surface area contributed by atoms with Gasteiger partial charge in [0, 0.05) is 24.6 Å². The molecule has 0 radical (unpaired) electrons. The monoisotopic (exact) mass is 558 g/mol. The highest BCUT2D eigenvalue weighted by molar-refractivity contribution is 7.91. The number of carbonyl (C=O) groups excluding carboxylic acids is 3. The number of allylic oxidation sites excluding steroid dienone is 1. The quantitative estimate of drug-likeness (QED) is 0.404. The number of fused-ring (bicyclic) bond motifs is 2. The third-order valence-electron chi connectivity index (χ3n) is 8.61. The molecule has 2 saturated carbocycles. The van der Waals surface area contributed by atoms with E-state index in [1.165, 1.54) is 4.90 Å². The smallest absolute Gasteiger partial charge is 0.259 e. The zero-order chi connectivity index (χ0) is 27.8. The molecular formula is C28H38N4O6S. The second kappa shape index (κ2) is 10.6. The van der Waals surface area contributed by atoms with Gasteiger partial charge in [0.25, 0.3) is 5.91 Å². The Morgan fingerprint density at radius 2 is 1.87 bits per heavy atom. The first-order chi connectivity index (χ1) is 18.5. The lowest BCUT2D eigenvalue weighted by atomic mass is 10.0. The maximum absolute atomic E-state index is 13.8. The SMILES string of the molecule is CC1(S(=O)(=O)NC(=O)[C@@]23C[C@@H]2/C=C\CCCCC[C@H](Nc2ccccc2)C(=O)N2C[C@H](O)C[C@H]2C(=O)N3)CC1. The summed E-state index contributed by atoms with van der Waals surface area (Å²) in [6.45, 7) is 1.61. The van der Waals surface area contributed by atoms with Crippen molar-refractivity contribution in [3.8, 4) is 0 Å². The number of amides is 3. The fraction of sp³-hybridized carbons (Fsp3) is 0.607. The Bertz CT molecular complexity index is 1250. The van der Waals surface area contributed by atoms with Crippen molar-refractivity contribution >= 4 is 33.4 Å². The number of nitrogens with zero attached hydrogens (tertiary/aromatic N) is 1. The minimum Gasteiger partial charge on any atom is -0.391 e. The fourth-order valence-electron chi connectivity index (χ4n) is 5.61. The first kappa shape index (κ1) is 27.6. The van der Waals surface area contributed by atoms with Crippen molar-refractivity contribution in [3.63, 3.8) is 0 Å². The molecule has 3 amide bonds. The van der Waals surface area contributed by atoms with E-state index >= 15 is 0 Å². The highest BCUT2D eigenvalue weighted by Crippen LogP contribution is 2.47. The number of para-hydroxylation sites is 1. The van der Waals surface area contributed by atoms with E-state index in [1.54, 1.807) is 6.92 Å². The molecule has 0 unspecified atom stereocenters. The number of sulfonamides is 1. The van der Waals surface area contributed by atoms with Gasteiger partial charge < -0.3 is 20.6 Å². The predicted octanol–water partition coefficient (Wildman–Crippen LogP) is 1.82. The fourth-order valence-corrected chi connectivity index (χ4v) is 6.93. The first-order valence-electron chi connectivity index (χ1n) is 13.9. The van der Waals surface area contributed by atoms with E-state index in [9.17, 15) is 27.9 Å². The minimum atomic E-state index is -3.89. The number of benzene rings is 1. The number of hydrogen-bond acceptors (Lipinski definition) is 7. The van der Waals surface area contributed by atoms with Gasteiger partial charge in [0.1, 0.15) is 17.6 Å². The number of aliphatic hydroxyl groups is 1. The molecule has 10 nitrogen and oxygen atoms in total. The van der Waals surface area contributed by atoms with Crippen LogP contribution in [-0.2, 0) is 24.4 Å².